The fraction of sp³-hybridized carbons (Fsp3) is 0.222. The minimum Gasteiger partial charge on any atom is -0.449 e. The molecule has 0 atom stereocenters. The van der Waals surface area contributed by atoms with Gasteiger partial charge in [0, 0.05) is 25.0 Å². The van der Waals surface area contributed by atoms with Crippen LogP contribution in [0.2, 0.25) is 0 Å². The average Bonchev–Trinajstić information content (AvgIpc) is 2.60. The lowest BCUT2D eigenvalue weighted by molar-refractivity contribution is 0.161. The Morgan fingerprint density at radius 3 is 2.52 bits per heavy atom. The van der Waals surface area contributed by atoms with E-state index in [1.165, 1.54) is 17.0 Å². The third-order valence-electron chi connectivity index (χ3n) is 3.40. The average molecular weight is 345 g/mol. The number of anilines is 2. The van der Waals surface area contributed by atoms with Gasteiger partial charge in [-0.3, -0.25) is 4.90 Å². The third kappa shape index (κ3) is 5.49. The molecule has 2 aromatic carbocycles. The maximum absolute atomic E-state index is 13.1. The molecule has 0 unspecified atom stereocenters. The van der Waals surface area contributed by atoms with Gasteiger partial charge in [-0.2, -0.15) is 0 Å². The van der Waals surface area contributed by atoms with Gasteiger partial charge < -0.3 is 15.4 Å². The van der Waals surface area contributed by atoms with Crippen molar-refractivity contribution in [3.63, 3.8) is 0 Å². The Bertz CT molecular complexity index is 735. The van der Waals surface area contributed by atoms with E-state index in [0.717, 1.165) is 0 Å². The largest absolute Gasteiger partial charge is 0.449 e. The molecular formula is C18H20FN3O3. The summed E-state index contributed by atoms with van der Waals surface area (Å²) in [4.78, 5) is 24.9. The molecular weight excluding hydrogens is 325 g/mol. The molecule has 0 bridgehead atoms. The van der Waals surface area contributed by atoms with Crippen LogP contribution < -0.4 is 15.5 Å². The van der Waals surface area contributed by atoms with E-state index in [1.54, 1.807) is 50.4 Å². The lowest BCUT2D eigenvalue weighted by Gasteiger charge is -2.17. The molecule has 132 valence electrons. The van der Waals surface area contributed by atoms with Gasteiger partial charge in [-0.25, -0.2) is 14.0 Å². The molecule has 3 amide bonds. The second-order valence-electron chi connectivity index (χ2n) is 5.24. The first kappa shape index (κ1) is 18.3. The van der Waals surface area contributed by atoms with Crippen molar-refractivity contribution in [3.05, 3.63) is 59.9 Å². The van der Waals surface area contributed by atoms with Gasteiger partial charge in [0.25, 0.3) is 0 Å². The molecule has 0 heterocycles. The topological polar surface area (TPSA) is 70.7 Å². The van der Waals surface area contributed by atoms with Crippen LogP contribution in [0.4, 0.5) is 25.4 Å². The van der Waals surface area contributed by atoms with Crippen molar-refractivity contribution < 1.29 is 18.7 Å². The number of carbonyl (C=O) groups excluding carboxylic acids is 2. The van der Waals surface area contributed by atoms with Gasteiger partial charge in [-0.15, -0.1) is 0 Å². The summed E-state index contributed by atoms with van der Waals surface area (Å²) in [6.45, 7) is 2.25. The van der Waals surface area contributed by atoms with Crippen LogP contribution >= 0.6 is 0 Å². The molecule has 0 aliphatic carbocycles. The zero-order valence-corrected chi connectivity index (χ0v) is 14.1. The molecule has 7 heteroatoms. The molecule has 6 nitrogen and oxygen atoms in total. The molecule has 0 spiro atoms. The van der Waals surface area contributed by atoms with Crippen molar-refractivity contribution in [2.75, 3.05) is 23.9 Å². The normalized spacial score (nSPS) is 10.0. The molecule has 0 saturated carbocycles. The number of rotatable bonds is 5. The highest BCUT2D eigenvalue weighted by Crippen LogP contribution is 2.17. The van der Waals surface area contributed by atoms with Crippen LogP contribution in [0.25, 0.3) is 0 Å². The van der Waals surface area contributed by atoms with Crippen molar-refractivity contribution in [3.8, 4) is 0 Å². The number of amides is 3. The second kappa shape index (κ2) is 8.68. The summed E-state index contributed by atoms with van der Waals surface area (Å²) in [5.41, 5.74) is 1.88. The smallest absolute Gasteiger partial charge is 0.413 e. The highest BCUT2D eigenvalue weighted by molar-refractivity contribution is 5.90. The number of ether oxygens (including phenoxy) is 1. The van der Waals surface area contributed by atoms with Crippen LogP contribution in [-0.4, -0.2) is 25.8 Å². The Morgan fingerprint density at radius 2 is 1.88 bits per heavy atom. The van der Waals surface area contributed by atoms with E-state index in [-0.39, 0.29) is 12.4 Å². The van der Waals surface area contributed by atoms with Gasteiger partial charge >= 0.3 is 12.1 Å². The molecule has 2 N–H and O–H groups in total. The summed E-state index contributed by atoms with van der Waals surface area (Å²) < 4.78 is 18.0. The summed E-state index contributed by atoms with van der Waals surface area (Å²) in [5, 5.41) is 5.31. The zero-order valence-electron chi connectivity index (χ0n) is 14.1. The quantitative estimate of drug-likeness (QED) is 0.867. The van der Waals surface area contributed by atoms with Crippen molar-refractivity contribution in [1.82, 2.24) is 5.32 Å². The number of nitrogens with zero attached hydrogens (tertiary/aromatic N) is 1. The predicted octanol–water partition coefficient (Wildman–Crippen LogP) is 3.74. The SMILES string of the molecule is CCOC(=O)N(C)c1ccc(NC(=O)NCc2cccc(F)c2)cc1. The minimum absolute atomic E-state index is 0.216. The molecule has 0 aliphatic heterocycles. The maximum atomic E-state index is 13.1. The molecule has 25 heavy (non-hydrogen) atoms. The van der Waals surface area contributed by atoms with Crippen molar-refractivity contribution >= 4 is 23.5 Å². The standard InChI is InChI=1S/C18H20FN3O3/c1-3-25-18(24)22(2)16-9-7-15(8-10-16)21-17(23)20-12-13-5-4-6-14(19)11-13/h4-11H,3,12H2,1-2H3,(H2,20,21,23). The summed E-state index contributed by atoms with van der Waals surface area (Å²) in [7, 11) is 1.60. The first-order valence-corrected chi connectivity index (χ1v) is 7.79. The number of halogens is 1. The fourth-order valence-electron chi connectivity index (χ4n) is 2.10. The monoisotopic (exact) mass is 345 g/mol. The van der Waals surface area contributed by atoms with Gasteiger partial charge in [0.05, 0.1) is 6.61 Å². The van der Waals surface area contributed by atoms with Gasteiger partial charge in [0.1, 0.15) is 5.82 Å². The van der Waals surface area contributed by atoms with E-state index in [2.05, 4.69) is 10.6 Å². The third-order valence-corrected chi connectivity index (χ3v) is 3.40. The Hall–Kier alpha value is -3.09. The van der Waals surface area contributed by atoms with Gasteiger partial charge in [-0.1, -0.05) is 12.1 Å². The van der Waals surface area contributed by atoms with E-state index < -0.39 is 12.1 Å². The molecule has 0 fully saturated rings. The van der Waals surface area contributed by atoms with E-state index >= 15 is 0 Å². The second-order valence-corrected chi connectivity index (χ2v) is 5.24. The maximum Gasteiger partial charge on any atom is 0.413 e. The number of hydrogen-bond donors (Lipinski definition) is 2. The summed E-state index contributed by atoms with van der Waals surface area (Å²) in [6, 6.07) is 12.3. The fourth-order valence-corrected chi connectivity index (χ4v) is 2.10. The number of nitrogens with one attached hydrogen (secondary N) is 2. The number of carbonyl (C=O) groups is 2. The lowest BCUT2D eigenvalue weighted by Crippen LogP contribution is -2.28. The molecule has 2 aromatic rings. The molecule has 0 aromatic heterocycles. The Kier molecular flexibility index (Phi) is 6.33. The van der Waals surface area contributed by atoms with Crippen LogP contribution in [-0.2, 0) is 11.3 Å². The van der Waals surface area contributed by atoms with E-state index in [9.17, 15) is 14.0 Å². The van der Waals surface area contributed by atoms with Crippen molar-refractivity contribution in [1.29, 1.82) is 0 Å². The summed E-state index contributed by atoms with van der Waals surface area (Å²) in [5.74, 6) is -0.346. The van der Waals surface area contributed by atoms with Crippen LogP contribution in [0.15, 0.2) is 48.5 Å². The Balaban J connectivity index is 1.87. The van der Waals surface area contributed by atoms with E-state index in [0.29, 0.717) is 23.5 Å². The number of benzene rings is 2. The van der Waals surface area contributed by atoms with Crippen molar-refractivity contribution in [2.24, 2.45) is 0 Å². The van der Waals surface area contributed by atoms with E-state index in [4.69, 9.17) is 4.74 Å². The summed E-state index contributed by atoms with van der Waals surface area (Å²) >= 11 is 0. The number of urea groups is 1. The highest BCUT2D eigenvalue weighted by atomic mass is 19.1. The highest BCUT2D eigenvalue weighted by Gasteiger charge is 2.11. The molecule has 0 aliphatic rings. The predicted molar refractivity (Wildman–Crippen MR) is 94.1 cm³/mol. The Morgan fingerprint density at radius 1 is 1.16 bits per heavy atom. The molecule has 2 rings (SSSR count). The number of hydrogen-bond acceptors (Lipinski definition) is 3. The first-order valence-electron chi connectivity index (χ1n) is 7.79. The molecule has 0 radical (unpaired) electrons. The lowest BCUT2D eigenvalue weighted by atomic mass is 10.2. The van der Waals surface area contributed by atoms with Gasteiger partial charge in [-0.05, 0) is 48.9 Å². The van der Waals surface area contributed by atoms with Gasteiger partial charge in [0.15, 0.2) is 0 Å². The zero-order chi connectivity index (χ0) is 18.2. The van der Waals surface area contributed by atoms with Crippen molar-refractivity contribution in [2.45, 2.75) is 13.5 Å². The van der Waals surface area contributed by atoms with Crippen LogP contribution in [0.3, 0.4) is 0 Å². The minimum atomic E-state index is -0.448. The van der Waals surface area contributed by atoms with Crippen LogP contribution in [0.5, 0.6) is 0 Å². The van der Waals surface area contributed by atoms with E-state index in [1.807, 2.05) is 0 Å². The summed E-state index contributed by atoms with van der Waals surface area (Å²) in [6.07, 6.45) is -0.448. The molecule has 0 saturated heterocycles. The van der Waals surface area contributed by atoms with Crippen LogP contribution in [0.1, 0.15) is 12.5 Å². The van der Waals surface area contributed by atoms with Crippen LogP contribution in [0, 0.1) is 5.82 Å². The first-order chi connectivity index (χ1) is 12.0. The van der Waals surface area contributed by atoms with Gasteiger partial charge in [0.2, 0.25) is 0 Å². The Labute approximate surface area is 145 Å².